The van der Waals surface area contributed by atoms with Crippen molar-refractivity contribution in [3.8, 4) is 0 Å². The standard InChI is InChI=1S/C98H162N12O4/c1-23-39-49-69(31-9)64-107(73(35-13)53-43-27-5)93(111)77-57-47-58-78(94(112)108(74(36-14)54-44-28-6)65-70(32-10)50-40-24-2)89(77)103-105-91-83(97(17,18)19)61-81(87(91)99)85-63-86(102-68-101-85)82-62-84(98(20,21)22)92(88(82)100)106-104-90-79(95(113)109(75(37-15)55-45-29-7)66-71(33-11)51-41-25-3)59-48-60-80(90)96(114)110(76(38-16)56-46-30-8)67-72(34-12)52-42-26-4/h47-48,57-63,68-76,81-82H,23-46,49-56,64-67,99-100H2,1-22H3/b105-103+,106-104+. The van der Waals surface area contributed by atoms with Crippen molar-refractivity contribution in [3.05, 3.63) is 129 Å². The zero-order valence-electron chi connectivity index (χ0n) is 76.3. The Balaban J connectivity index is 1.82. The van der Waals surface area contributed by atoms with E-state index >= 15 is 19.2 Å². The molecule has 16 heteroatoms. The van der Waals surface area contributed by atoms with Gasteiger partial charge in [0.2, 0.25) is 0 Å². The molecule has 2 aromatic carbocycles. The van der Waals surface area contributed by atoms with E-state index in [9.17, 15) is 0 Å². The Labute approximate surface area is 694 Å². The van der Waals surface area contributed by atoms with Gasteiger partial charge in [-0.2, -0.15) is 0 Å². The Hall–Kier alpha value is -6.84. The molecule has 0 fully saturated rings. The SMILES string of the molecule is CCCCC(CC)CN(C(=O)c1cccc(C(=O)N(CC(CC)CCCC)C(CC)CCCC)c1/N=N/C1=C(N)C(c2cc(C3C=C(C(C)(C)C)C(/N=N/c4c(C(=O)N(CC(CC)CCCC)C(CC)CCCC)cccc4C(=O)N(CC(CC)CCCC)C(CC)CCCC)=C3N)ncn2)C=C1C(C)(C)C)C(CC)CCCC. The first-order chi connectivity index (χ1) is 54.7. The second-order valence-electron chi connectivity index (χ2n) is 35.7. The van der Waals surface area contributed by atoms with E-state index in [1.165, 1.54) is 0 Å². The molecule has 3 aromatic rings. The molecule has 10 unspecified atom stereocenters. The summed E-state index contributed by atoms with van der Waals surface area (Å²) in [5.74, 6) is -0.390. The molecule has 0 aliphatic heterocycles. The number of nitrogens with two attached hydrogens (primary N) is 2. The van der Waals surface area contributed by atoms with Gasteiger partial charge < -0.3 is 31.1 Å². The zero-order valence-corrected chi connectivity index (χ0v) is 76.3. The fourth-order valence-electron chi connectivity index (χ4n) is 17.2. The Bertz CT molecular complexity index is 3260. The van der Waals surface area contributed by atoms with Gasteiger partial charge in [0.05, 0.1) is 45.5 Å². The van der Waals surface area contributed by atoms with Crippen molar-refractivity contribution in [2.24, 2.45) is 66.4 Å². The number of azo groups is 2. The smallest absolute Gasteiger partial charge is 0.256 e. The quantitative estimate of drug-likeness (QED) is 0.0518. The number of rotatable bonds is 54. The van der Waals surface area contributed by atoms with Crippen LogP contribution in [0.5, 0.6) is 0 Å². The number of aromatic nitrogens is 2. The molecule has 0 radical (unpaired) electrons. The molecule has 2 aliphatic rings. The number of carbonyl (C=O) groups is 4. The van der Waals surface area contributed by atoms with Crippen LogP contribution < -0.4 is 11.5 Å². The normalized spacial score (nSPS) is 17.0. The van der Waals surface area contributed by atoms with E-state index in [1.54, 1.807) is 6.33 Å². The Morgan fingerprint density at radius 2 is 0.596 bits per heavy atom. The molecule has 16 nitrogen and oxygen atoms in total. The molecule has 10 atom stereocenters. The summed E-state index contributed by atoms with van der Waals surface area (Å²) in [6, 6.07) is 13.2. The van der Waals surface area contributed by atoms with Gasteiger partial charge in [-0.1, -0.05) is 305 Å². The minimum absolute atomic E-state index is 0.00221. The van der Waals surface area contributed by atoms with Gasteiger partial charge >= 0.3 is 0 Å². The van der Waals surface area contributed by atoms with E-state index in [2.05, 4.69) is 184 Å². The minimum atomic E-state index is -0.571. The fraction of sp³-hybridized carbons (Fsp3) is 0.714. The van der Waals surface area contributed by atoms with Crippen molar-refractivity contribution in [3.63, 3.8) is 0 Å². The zero-order chi connectivity index (χ0) is 84.2. The average molecular weight is 1570 g/mol. The molecule has 4 N–H and O–H groups in total. The van der Waals surface area contributed by atoms with Gasteiger partial charge in [-0.25, -0.2) is 9.97 Å². The highest BCUT2D eigenvalue weighted by atomic mass is 16.2. The molecule has 5 rings (SSSR count). The first-order valence-electron chi connectivity index (χ1n) is 46.3. The number of benzene rings is 2. The highest BCUT2D eigenvalue weighted by molar-refractivity contribution is 6.08. The monoisotopic (exact) mass is 1570 g/mol. The number of carbonyl (C=O) groups excluding carboxylic acids is 4. The highest BCUT2D eigenvalue weighted by Gasteiger charge is 2.40. The summed E-state index contributed by atoms with van der Waals surface area (Å²) in [5, 5.41) is 21.0. The number of hydrogen-bond donors (Lipinski definition) is 2. The lowest BCUT2D eigenvalue weighted by Gasteiger charge is -2.36. The van der Waals surface area contributed by atoms with Gasteiger partial charge in [0.25, 0.3) is 23.6 Å². The lowest BCUT2D eigenvalue weighted by atomic mass is 9.85. The molecule has 638 valence electrons. The lowest BCUT2D eigenvalue weighted by Crippen LogP contribution is -2.44. The summed E-state index contributed by atoms with van der Waals surface area (Å²) in [5.41, 5.74) is 21.0. The molecule has 114 heavy (non-hydrogen) atoms. The molecule has 2 aliphatic carbocycles. The van der Waals surface area contributed by atoms with Crippen molar-refractivity contribution < 1.29 is 19.2 Å². The van der Waals surface area contributed by atoms with Gasteiger partial charge in [0, 0.05) is 61.7 Å². The maximum absolute atomic E-state index is 16.1. The lowest BCUT2D eigenvalue weighted by molar-refractivity contribution is 0.0598. The van der Waals surface area contributed by atoms with Crippen LogP contribution in [0.4, 0.5) is 11.4 Å². The van der Waals surface area contributed by atoms with Crippen LogP contribution in [-0.4, -0.2) is 104 Å². The van der Waals surface area contributed by atoms with Gasteiger partial charge in [-0.3, -0.25) is 19.2 Å². The largest absolute Gasteiger partial charge is 0.399 e. The van der Waals surface area contributed by atoms with Crippen molar-refractivity contribution >= 4 is 35.0 Å². The van der Waals surface area contributed by atoms with E-state index in [0.29, 0.717) is 106 Å². The van der Waals surface area contributed by atoms with Crippen LogP contribution in [0.1, 0.15) is 422 Å². The maximum Gasteiger partial charge on any atom is 0.256 e. The molecular weight excluding hydrogens is 1410 g/mol. The minimum Gasteiger partial charge on any atom is -0.399 e. The summed E-state index contributed by atoms with van der Waals surface area (Å²) >= 11 is 0. The van der Waals surface area contributed by atoms with Crippen LogP contribution in [0.3, 0.4) is 0 Å². The summed E-state index contributed by atoms with van der Waals surface area (Å²) in [7, 11) is 0. The molecule has 1 aromatic heterocycles. The van der Waals surface area contributed by atoms with E-state index < -0.39 is 22.7 Å². The van der Waals surface area contributed by atoms with E-state index in [1.807, 2.05) is 42.5 Å². The molecule has 0 saturated carbocycles. The number of amides is 4. The van der Waals surface area contributed by atoms with E-state index in [4.69, 9.17) is 41.9 Å². The summed E-state index contributed by atoms with van der Waals surface area (Å²) in [6.45, 7) is 50.8. The maximum atomic E-state index is 16.1. The third-order valence-electron chi connectivity index (χ3n) is 25.1. The van der Waals surface area contributed by atoms with Gasteiger partial charge in [0.1, 0.15) is 29.1 Å². The van der Waals surface area contributed by atoms with E-state index in [-0.39, 0.29) is 59.2 Å². The Kier molecular flexibility index (Phi) is 42.9. The topological polar surface area (TPSA) is 208 Å². The van der Waals surface area contributed by atoms with Gasteiger partial charge in [-0.05, 0) is 153 Å². The van der Waals surface area contributed by atoms with Crippen LogP contribution in [0, 0.1) is 34.5 Å². The molecule has 0 spiro atoms. The van der Waals surface area contributed by atoms with Crippen molar-refractivity contribution in [1.82, 2.24) is 29.6 Å². The third-order valence-corrected chi connectivity index (χ3v) is 25.1. The molecule has 0 saturated heterocycles. The Morgan fingerprint density at radius 3 is 0.807 bits per heavy atom. The van der Waals surface area contributed by atoms with Gasteiger partial charge in [0.15, 0.2) is 0 Å². The first-order valence-corrected chi connectivity index (χ1v) is 46.3. The van der Waals surface area contributed by atoms with Crippen LogP contribution in [0.2, 0.25) is 0 Å². The van der Waals surface area contributed by atoms with Crippen LogP contribution in [0.25, 0.3) is 0 Å². The fourth-order valence-corrected chi connectivity index (χ4v) is 17.2. The van der Waals surface area contributed by atoms with Crippen LogP contribution in [0.15, 0.2) is 115 Å². The number of allylic oxidation sites excluding steroid dienone is 4. The predicted molar refractivity (Wildman–Crippen MR) is 479 cm³/mol. The summed E-state index contributed by atoms with van der Waals surface area (Å²) < 4.78 is 0. The number of hydrogen-bond acceptors (Lipinski definition) is 12. The summed E-state index contributed by atoms with van der Waals surface area (Å²) in [4.78, 5) is 82.9. The van der Waals surface area contributed by atoms with E-state index in [0.717, 1.165) is 217 Å². The van der Waals surface area contributed by atoms with Gasteiger partial charge in [-0.15, -0.1) is 20.5 Å². The molecular formula is C98H162N12O4. The second-order valence-corrected chi connectivity index (χ2v) is 35.7. The number of unbranched alkanes of at least 4 members (excludes halogenated alkanes) is 8. The molecule has 0 bridgehead atoms. The Morgan fingerprint density at radius 1 is 0.360 bits per heavy atom. The second kappa shape index (κ2) is 50.0. The van der Waals surface area contributed by atoms with Crippen LogP contribution >= 0.6 is 0 Å². The van der Waals surface area contributed by atoms with Crippen molar-refractivity contribution in [2.75, 3.05) is 26.2 Å². The first kappa shape index (κ1) is 97.7. The molecule has 4 amide bonds. The highest BCUT2D eigenvalue weighted by Crippen LogP contribution is 2.48. The third kappa shape index (κ3) is 27.1. The predicted octanol–water partition coefficient (Wildman–Crippen LogP) is 27.0. The number of nitrogens with zero attached hydrogens (tertiary/aromatic N) is 10. The van der Waals surface area contributed by atoms with Crippen molar-refractivity contribution in [1.29, 1.82) is 0 Å². The average Bonchev–Trinajstić information content (AvgIpc) is 1.28. The summed E-state index contributed by atoms with van der Waals surface area (Å²) in [6.07, 6.45) is 37.3. The molecule has 1 heterocycles. The van der Waals surface area contributed by atoms with Crippen molar-refractivity contribution in [2.45, 2.75) is 394 Å². The van der Waals surface area contributed by atoms with Crippen LogP contribution in [-0.2, 0) is 0 Å².